The highest BCUT2D eigenvalue weighted by atomic mass is 16.5. The molecule has 0 unspecified atom stereocenters. The molecular formula is C17H25N2O. The van der Waals surface area contributed by atoms with Gasteiger partial charge in [0.15, 0.2) is 5.90 Å². The van der Waals surface area contributed by atoms with Gasteiger partial charge in [-0.1, -0.05) is 20.3 Å². The Morgan fingerprint density at radius 3 is 2.75 bits per heavy atom. The molecule has 2 heterocycles. The molecule has 20 heavy (non-hydrogen) atoms. The van der Waals surface area contributed by atoms with E-state index < -0.39 is 0 Å². The first-order valence-corrected chi connectivity index (χ1v) is 7.92. The average Bonchev–Trinajstić information content (AvgIpc) is 3.08. The second-order valence-corrected chi connectivity index (χ2v) is 6.36. The molecule has 1 atom stereocenters. The van der Waals surface area contributed by atoms with Gasteiger partial charge in [0.05, 0.1) is 12.0 Å². The molecule has 0 spiro atoms. The highest BCUT2D eigenvalue weighted by Crippen LogP contribution is 2.37. The average molecular weight is 273 g/mol. The molecular weight excluding hydrogens is 248 g/mol. The Balaban J connectivity index is 1.59. The molecule has 3 rings (SSSR count). The maximum absolute atomic E-state index is 5.83. The lowest BCUT2D eigenvalue weighted by atomic mass is 9.94. The van der Waals surface area contributed by atoms with E-state index in [1.54, 1.807) is 0 Å². The van der Waals surface area contributed by atoms with Gasteiger partial charge >= 0.3 is 0 Å². The molecule has 1 aliphatic carbocycles. The zero-order chi connectivity index (χ0) is 13.9. The van der Waals surface area contributed by atoms with Gasteiger partial charge in [-0.05, 0) is 51.1 Å². The molecule has 0 bridgehead atoms. The van der Waals surface area contributed by atoms with E-state index in [0.29, 0.717) is 12.0 Å². The first kappa shape index (κ1) is 14.4. The predicted octanol–water partition coefficient (Wildman–Crippen LogP) is 2.70. The van der Waals surface area contributed by atoms with E-state index in [2.05, 4.69) is 38.0 Å². The number of piperidine rings is 1. The third kappa shape index (κ3) is 3.19. The monoisotopic (exact) mass is 273 g/mol. The lowest BCUT2D eigenvalue weighted by molar-refractivity contribution is 0.238. The summed E-state index contributed by atoms with van der Waals surface area (Å²) in [6, 6.07) is 0.322. The highest BCUT2D eigenvalue weighted by molar-refractivity contribution is 5.98. The quantitative estimate of drug-likeness (QED) is 0.787. The van der Waals surface area contributed by atoms with Gasteiger partial charge < -0.3 is 9.64 Å². The van der Waals surface area contributed by atoms with Crippen LogP contribution in [0.2, 0.25) is 0 Å². The van der Waals surface area contributed by atoms with E-state index >= 15 is 0 Å². The fraction of sp³-hybridized carbons (Fsp3) is 0.647. The summed E-state index contributed by atoms with van der Waals surface area (Å²) in [5.41, 5.74) is 0. The number of nitrogens with zero attached hydrogens (tertiary/aromatic N) is 2. The van der Waals surface area contributed by atoms with Crippen LogP contribution >= 0.6 is 0 Å². The molecule has 5 radical (unpaired) electrons. The number of likely N-dealkylation sites (tertiary alicyclic amines) is 1. The summed E-state index contributed by atoms with van der Waals surface area (Å²) in [6.45, 7) is 8.65. The lowest BCUT2D eigenvalue weighted by Gasteiger charge is -2.30. The van der Waals surface area contributed by atoms with Crippen molar-refractivity contribution in [3.05, 3.63) is 31.1 Å². The topological polar surface area (TPSA) is 24.8 Å². The highest BCUT2D eigenvalue weighted by Gasteiger charge is 2.38. The molecule has 0 aromatic heterocycles. The lowest BCUT2D eigenvalue weighted by Crippen LogP contribution is -2.35. The van der Waals surface area contributed by atoms with E-state index in [1.165, 1.54) is 44.2 Å². The third-order valence-corrected chi connectivity index (χ3v) is 4.42. The molecule has 1 saturated heterocycles. The smallest absolute Gasteiger partial charge is 0.192 e. The van der Waals surface area contributed by atoms with Gasteiger partial charge in [0.1, 0.15) is 6.61 Å². The maximum Gasteiger partial charge on any atom is 0.192 e. The third-order valence-electron chi connectivity index (χ3n) is 4.42. The van der Waals surface area contributed by atoms with E-state index in [1.807, 2.05) is 0 Å². The standard InChI is InChI=1S/C17H25N2O/c1-13(2)16-12-20-17(18-16)15-8-6-7-14(15)11-19-9-4-3-5-10-19/h6-8,13,16H,3-5,9-12H2,1-2H3/t16-/m1/s1. The van der Waals surface area contributed by atoms with Gasteiger partial charge in [-0.25, -0.2) is 4.99 Å². The van der Waals surface area contributed by atoms with Crippen molar-refractivity contribution in [2.45, 2.75) is 39.2 Å². The Morgan fingerprint density at radius 1 is 1.25 bits per heavy atom. The van der Waals surface area contributed by atoms with Crippen LogP contribution in [0.25, 0.3) is 0 Å². The first-order chi connectivity index (χ1) is 9.74. The Bertz CT molecular complexity index is 347. The SMILES string of the molecule is CC(C)[C@H]1COC([C]2[CH][CH][CH][C]2CN2CCCCC2)=N1. The summed E-state index contributed by atoms with van der Waals surface area (Å²) in [5.74, 6) is 3.99. The molecule has 3 heteroatoms. The van der Waals surface area contributed by atoms with Gasteiger partial charge in [0.2, 0.25) is 0 Å². The van der Waals surface area contributed by atoms with Gasteiger partial charge in [0, 0.05) is 12.5 Å². The summed E-state index contributed by atoms with van der Waals surface area (Å²) in [4.78, 5) is 7.31. The molecule has 0 aromatic rings. The Labute approximate surface area is 123 Å². The van der Waals surface area contributed by atoms with Crippen LogP contribution in [0, 0.1) is 37.0 Å². The summed E-state index contributed by atoms with van der Waals surface area (Å²) >= 11 is 0. The second-order valence-electron chi connectivity index (χ2n) is 6.36. The van der Waals surface area contributed by atoms with Crippen molar-refractivity contribution in [1.82, 2.24) is 4.90 Å². The largest absolute Gasteiger partial charge is 0.478 e. The van der Waals surface area contributed by atoms with Gasteiger partial charge in [0.25, 0.3) is 0 Å². The van der Waals surface area contributed by atoms with E-state index in [4.69, 9.17) is 9.73 Å². The molecule has 1 saturated carbocycles. The van der Waals surface area contributed by atoms with Crippen molar-refractivity contribution in [1.29, 1.82) is 0 Å². The van der Waals surface area contributed by atoms with E-state index in [0.717, 1.165) is 19.0 Å². The van der Waals surface area contributed by atoms with Crippen molar-refractivity contribution in [3.63, 3.8) is 0 Å². The molecule has 0 N–H and O–H groups in total. The summed E-state index contributed by atoms with van der Waals surface area (Å²) < 4.78 is 5.83. The predicted molar refractivity (Wildman–Crippen MR) is 81.7 cm³/mol. The summed E-state index contributed by atoms with van der Waals surface area (Å²) in [7, 11) is 0. The van der Waals surface area contributed by atoms with Crippen LogP contribution in [-0.2, 0) is 4.74 Å². The maximum atomic E-state index is 5.83. The van der Waals surface area contributed by atoms with Crippen LogP contribution in [-0.4, -0.2) is 43.1 Å². The van der Waals surface area contributed by atoms with Crippen LogP contribution in [0.5, 0.6) is 0 Å². The van der Waals surface area contributed by atoms with Crippen LogP contribution < -0.4 is 0 Å². The van der Waals surface area contributed by atoms with Crippen LogP contribution in [0.4, 0.5) is 0 Å². The minimum Gasteiger partial charge on any atom is -0.478 e. The Kier molecular flexibility index (Phi) is 4.65. The molecule has 3 aliphatic rings. The Hall–Kier alpha value is -0.570. The molecule has 0 aromatic carbocycles. The van der Waals surface area contributed by atoms with Crippen molar-refractivity contribution < 1.29 is 4.74 Å². The Morgan fingerprint density at radius 2 is 2.05 bits per heavy atom. The van der Waals surface area contributed by atoms with Crippen LogP contribution in [0.3, 0.4) is 0 Å². The number of rotatable bonds is 4. The number of aliphatic imine (C=N–C) groups is 1. The van der Waals surface area contributed by atoms with Crippen LogP contribution in [0.1, 0.15) is 33.1 Å². The number of hydrogen-bond acceptors (Lipinski definition) is 3. The van der Waals surface area contributed by atoms with Gasteiger partial charge in [-0.3, -0.25) is 0 Å². The number of hydrogen-bond donors (Lipinski definition) is 0. The normalized spacial score (nSPS) is 29.9. The van der Waals surface area contributed by atoms with E-state index in [-0.39, 0.29) is 0 Å². The molecule has 2 fully saturated rings. The minimum absolute atomic E-state index is 0.322. The summed E-state index contributed by atoms with van der Waals surface area (Å²) in [5, 5.41) is 0. The van der Waals surface area contributed by atoms with Gasteiger partial charge in [-0.15, -0.1) is 0 Å². The zero-order valence-electron chi connectivity index (χ0n) is 12.6. The fourth-order valence-corrected chi connectivity index (χ4v) is 3.04. The second kappa shape index (κ2) is 6.46. The van der Waals surface area contributed by atoms with Gasteiger partial charge in [-0.2, -0.15) is 0 Å². The zero-order valence-corrected chi connectivity index (χ0v) is 12.6. The summed E-state index contributed by atoms with van der Waals surface area (Å²) in [6.07, 6.45) is 10.6. The number of ether oxygens (including phenoxy) is 1. The molecule has 109 valence electrons. The fourth-order valence-electron chi connectivity index (χ4n) is 3.04. The first-order valence-electron chi connectivity index (χ1n) is 7.92. The minimum atomic E-state index is 0.322. The van der Waals surface area contributed by atoms with E-state index in [9.17, 15) is 0 Å². The van der Waals surface area contributed by atoms with Crippen molar-refractivity contribution in [2.75, 3.05) is 26.2 Å². The van der Waals surface area contributed by atoms with Crippen molar-refractivity contribution >= 4 is 5.90 Å². The molecule has 0 amide bonds. The van der Waals surface area contributed by atoms with Crippen molar-refractivity contribution in [2.24, 2.45) is 10.9 Å². The van der Waals surface area contributed by atoms with Crippen LogP contribution in [0.15, 0.2) is 4.99 Å². The molecule has 2 aliphatic heterocycles. The van der Waals surface area contributed by atoms with Crippen molar-refractivity contribution in [3.8, 4) is 0 Å². The molecule has 3 nitrogen and oxygen atoms in total.